The van der Waals surface area contributed by atoms with Crippen LogP contribution in [0.15, 0.2) is 6.07 Å². The van der Waals surface area contributed by atoms with Crippen LogP contribution in [0.1, 0.15) is 49.3 Å². The second kappa shape index (κ2) is 8.50. The summed E-state index contributed by atoms with van der Waals surface area (Å²) in [5.74, 6) is -0.00781. The summed E-state index contributed by atoms with van der Waals surface area (Å²) in [6.07, 6.45) is 3.06. The third-order valence-corrected chi connectivity index (χ3v) is 5.90. The summed E-state index contributed by atoms with van der Waals surface area (Å²) in [6.45, 7) is 11.2. The van der Waals surface area contributed by atoms with Gasteiger partial charge >= 0.3 is 0 Å². The Bertz CT molecular complexity index is 595. The van der Waals surface area contributed by atoms with Gasteiger partial charge in [0, 0.05) is 50.1 Å². The van der Waals surface area contributed by atoms with Gasteiger partial charge in [-0.2, -0.15) is 5.10 Å². The van der Waals surface area contributed by atoms with E-state index < -0.39 is 0 Å². The number of aliphatic hydroxyl groups excluding tert-OH is 1. The smallest absolute Gasteiger partial charge is 0.274 e. The molecule has 1 atom stereocenters. The molecule has 3 heterocycles. The number of aliphatic hydroxyl groups is 1. The highest BCUT2D eigenvalue weighted by molar-refractivity contribution is 5.92. The number of aromatic nitrogens is 2. The van der Waals surface area contributed by atoms with Crippen LogP contribution in [0.5, 0.6) is 0 Å². The normalized spacial score (nSPS) is 23.7. The molecular weight excluding hydrogens is 330 g/mol. The molecule has 0 bridgehead atoms. The molecule has 2 aliphatic rings. The van der Waals surface area contributed by atoms with Crippen LogP contribution in [0, 0.1) is 6.92 Å². The van der Waals surface area contributed by atoms with Gasteiger partial charge in [-0.3, -0.25) is 14.8 Å². The van der Waals surface area contributed by atoms with Crippen molar-refractivity contribution in [2.75, 3.05) is 39.3 Å². The van der Waals surface area contributed by atoms with Gasteiger partial charge in [0.2, 0.25) is 0 Å². The fourth-order valence-corrected chi connectivity index (χ4v) is 4.36. The lowest BCUT2D eigenvalue weighted by Crippen LogP contribution is -2.59. The molecule has 0 saturated carbocycles. The van der Waals surface area contributed by atoms with Crippen molar-refractivity contribution in [1.29, 1.82) is 0 Å². The van der Waals surface area contributed by atoms with Crippen LogP contribution in [0.2, 0.25) is 0 Å². The van der Waals surface area contributed by atoms with Crippen molar-refractivity contribution in [1.82, 2.24) is 24.9 Å². The molecule has 2 aliphatic heterocycles. The molecule has 7 heteroatoms. The summed E-state index contributed by atoms with van der Waals surface area (Å²) < 4.78 is 0. The number of hydrogen-bond donors (Lipinski definition) is 2. The monoisotopic (exact) mass is 363 g/mol. The molecule has 3 rings (SSSR count). The van der Waals surface area contributed by atoms with Gasteiger partial charge in [0.1, 0.15) is 5.69 Å². The van der Waals surface area contributed by atoms with E-state index in [1.54, 1.807) is 6.07 Å². The average Bonchev–Trinajstić information content (AvgIpc) is 3.08. The number of nitrogens with zero attached hydrogens (tertiary/aromatic N) is 4. The number of aryl methyl sites for hydroxylation is 1. The van der Waals surface area contributed by atoms with Crippen LogP contribution in [-0.2, 0) is 0 Å². The number of amides is 1. The maximum Gasteiger partial charge on any atom is 0.274 e. The maximum absolute atomic E-state index is 12.7. The number of piperazine rings is 1. The Kier molecular flexibility index (Phi) is 6.32. The van der Waals surface area contributed by atoms with E-state index in [1.165, 1.54) is 12.8 Å². The summed E-state index contributed by atoms with van der Waals surface area (Å²) in [7, 11) is 0. The quantitative estimate of drug-likeness (QED) is 0.819. The second-order valence-corrected chi connectivity index (χ2v) is 7.95. The molecule has 2 saturated heterocycles. The number of rotatable bonds is 5. The van der Waals surface area contributed by atoms with Crippen molar-refractivity contribution in [3.8, 4) is 0 Å². The summed E-state index contributed by atoms with van der Waals surface area (Å²) >= 11 is 0. The van der Waals surface area contributed by atoms with Crippen LogP contribution in [0.3, 0.4) is 0 Å². The van der Waals surface area contributed by atoms with Crippen molar-refractivity contribution < 1.29 is 9.90 Å². The Morgan fingerprint density at radius 3 is 2.62 bits per heavy atom. The third kappa shape index (κ3) is 4.27. The molecule has 26 heavy (non-hydrogen) atoms. The van der Waals surface area contributed by atoms with Gasteiger partial charge in [-0.05, 0) is 59.2 Å². The van der Waals surface area contributed by atoms with Gasteiger partial charge in [0.25, 0.3) is 5.91 Å². The van der Waals surface area contributed by atoms with Crippen LogP contribution in [0.25, 0.3) is 0 Å². The highest BCUT2D eigenvalue weighted by Crippen LogP contribution is 2.24. The molecule has 0 unspecified atom stereocenters. The Hall–Kier alpha value is -1.44. The number of carbonyl (C=O) groups is 1. The molecule has 7 nitrogen and oxygen atoms in total. The fraction of sp³-hybridized carbons (Fsp3) is 0.789. The maximum atomic E-state index is 12.7. The zero-order chi connectivity index (χ0) is 18.7. The van der Waals surface area contributed by atoms with Gasteiger partial charge in [-0.25, -0.2) is 0 Å². The molecule has 2 fully saturated rings. The number of likely N-dealkylation sites (tertiary alicyclic amines) is 1. The van der Waals surface area contributed by atoms with Crippen LogP contribution in [0.4, 0.5) is 0 Å². The molecule has 0 aliphatic carbocycles. The molecule has 2 N–H and O–H groups in total. The van der Waals surface area contributed by atoms with E-state index in [9.17, 15) is 9.90 Å². The molecule has 1 amide bonds. The fourth-order valence-electron chi connectivity index (χ4n) is 4.36. The minimum absolute atomic E-state index is 0.00781. The number of aromatic amines is 1. The molecule has 0 radical (unpaired) electrons. The first-order valence-corrected chi connectivity index (χ1v) is 9.91. The standard InChI is InChI=1S/C19H33N5O2/c1-14(2)22-7-4-16(5-8-22)24-10-9-23(13-17(24)6-11-25)19(26)18-12-15(3)20-21-18/h12,14,16-17,25H,4-11,13H2,1-3H3,(H,20,21)/t17-/m0/s1. The Balaban J connectivity index is 1.62. The molecule has 146 valence electrons. The van der Waals surface area contributed by atoms with Crippen LogP contribution < -0.4 is 0 Å². The topological polar surface area (TPSA) is 75.7 Å². The van der Waals surface area contributed by atoms with Gasteiger partial charge in [0.15, 0.2) is 0 Å². The average molecular weight is 364 g/mol. The highest BCUT2D eigenvalue weighted by atomic mass is 16.3. The first kappa shape index (κ1) is 19.3. The Labute approximate surface area is 156 Å². The van der Waals surface area contributed by atoms with E-state index in [0.717, 1.165) is 31.9 Å². The lowest BCUT2D eigenvalue weighted by molar-refractivity contribution is 0.00394. The molecule has 1 aromatic heterocycles. The number of carbonyl (C=O) groups excluding carboxylic acids is 1. The van der Waals surface area contributed by atoms with Gasteiger partial charge in [-0.15, -0.1) is 0 Å². The van der Waals surface area contributed by atoms with Crippen molar-refractivity contribution in [2.24, 2.45) is 0 Å². The Morgan fingerprint density at radius 2 is 2.04 bits per heavy atom. The largest absolute Gasteiger partial charge is 0.396 e. The minimum Gasteiger partial charge on any atom is -0.396 e. The SMILES string of the molecule is Cc1cc(C(=O)N2CCN(C3CCN(C(C)C)CC3)[C@@H](CCO)C2)n[nH]1. The van der Waals surface area contributed by atoms with E-state index in [-0.39, 0.29) is 18.6 Å². The third-order valence-electron chi connectivity index (χ3n) is 5.90. The van der Waals surface area contributed by atoms with E-state index in [1.807, 2.05) is 11.8 Å². The number of piperidine rings is 1. The zero-order valence-electron chi connectivity index (χ0n) is 16.3. The van der Waals surface area contributed by atoms with Crippen molar-refractivity contribution in [3.05, 3.63) is 17.5 Å². The van der Waals surface area contributed by atoms with Gasteiger partial charge in [-0.1, -0.05) is 0 Å². The number of nitrogens with one attached hydrogen (secondary N) is 1. The number of hydrogen-bond acceptors (Lipinski definition) is 5. The van der Waals surface area contributed by atoms with E-state index in [0.29, 0.717) is 30.7 Å². The summed E-state index contributed by atoms with van der Waals surface area (Å²) in [5, 5.41) is 16.5. The first-order valence-electron chi connectivity index (χ1n) is 9.91. The minimum atomic E-state index is -0.00781. The number of H-pyrrole nitrogens is 1. The molecular formula is C19H33N5O2. The summed E-state index contributed by atoms with van der Waals surface area (Å²) in [4.78, 5) is 19.7. The summed E-state index contributed by atoms with van der Waals surface area (Å²) in [5.41, 5.74) is 1.39. The summed E-state index contributed by atoms with van der Waals surface area (Å²) in [6, 6.07) is 3.20. The lowest BCUT2D eigenvalue weighted by atomic mass is 9.97. The van der Waals surface area contributed by atoms with E-state index >= 15 is 0 Å². The van der Waals surface area contributed by atoms with Gasteiger partial charge in [0.05, 0.1) is 0 Å². The second-order valence-electron chi connectivity index (χ2n) is 7.95. The predicted octanol–water partition coefficient (Wildman–Crippen LogP) is 1.10. The van der Waals surface area contributed by atoms with Gasteiger partial charge < -0.3 is 14.9 Å². The first-order chi connectivity index (χ1) is 12.5. The lowest BCUT2D eigenvalue weighted by Gasteiger charge is -2.47. The zero-order valence-corrected chi connectivity index (χ0v) is 16.3. The molecule has 0 aromatic carbocycles. The Morgan fingerprint density at radius 1 is 1.31 bits per heavy atom. The van der Waals surface area contributed by atoms with E-state index in [4.69, 9.17) is 0 Å². The van der Waals surface area contributed by atoms with Crippen molar-refractivity contribution >= 4 is 5.91 Å². The van der Waals surface area contributed by atoms with Crippen LogP contribution in [-0.4, -0.2) is 93.4 Å². The highest BCUT2D eigenvalue weighted by Gasteiger charge is 2.35. The van der Waals surface area contributed by atoms with Crippen molar-refractivity contribution in [2.45, 2.75) is 58.2 Å². The predicted molar refractivity (Wildman–Crippen MR) is 101 cm³/mol. The van der Waals surface area contributed by atoms with E-state index in [2.05, 4.69) is 33.8 Å². The molecule has 0 spiro atoms. The van der Waals surface area contributed by atoms with Crippen LogP contribution >= 0.6 is 0 Å². The molecule has 1 aromatic rings. The van der Waals surface area contributed by atoms with Crippen molar-refractivity contribution in [3.63, 3.8) is 0 Å².